The van der Waals surface area contributed by atoms with Crippen molar-refractivity contribution in [1.29, 1.82) is 0 Å². The Morgan fingerprint density at radius 2 is 1.81 bits per heavy atom. The molecule has 0 aliphatic carbocycles. The topological polar surface area (TPSA) is 63.2 Å². The van der Waals surface area contributed by atoms with Crippen molar-refractivity contribution in [3.63, 3.8) is 0 Å². The number of rotatable bonds is 6. The monoisotopic (exact) mass is 347 g/mol. The van der Waals surface area contributed by atoms with Gasteiger partial charge in [0.15, 0.2) is 0 Å². The first-order valence-corrected chi connectivity index (χ1v) is 8.37. The molecule has 0 saturated heterocycles. The van der Waals surface area contributed by atoms with Crippen molar-refractivity contribution in [2.45, 2.75) is 13.5 Å². The number of para-hydroxylation sites is 2. The smallest absolute Gasteiger partial charge is 0.259 e. The summed E-state index contributed by atoms with van der Waals surface area (Å²) in [7, 11) is 1.64. The Morgan fingerprint density at radius 3 is 2.62 bits per heavy atom. The Bertz CT molecular complexity index is 909. The highest BCUT2D eigenvalue weighted by Gasteiger charge is 2.13. The second kappa shape index (κ2) is 8.16. The van der Waals surface area contributed by atoms with Crippen LogP contribution in [0.4, 0.5) is 11.5 Å². The first-order valence-electron chi connectivity index (χ1n) is 8.37. The summed E-state index contributed by atoms with van der Waals surface area (Å²) >= 11 is 0. The standard InChI is InChI=1S/C21H21N3O2/c1-15-8-3-5-11-18(15)24-21(25)17-10-7-13-22-20(17)23-14-16-9-4-6-12-19(16)26-2/h3-13H,14H2,1-2H3,(H,22,23)(H,24,25). The molecule has 3 aromatic rings. The van der Waals surface area contributed by atoms with E-state index in [0.717, 1.165) is 22.6 Å². The summed E-state index contributed by atoms with van der Waals surface area (Å²) in [5, 5.41) is 6.18. The Balaban J connectivity index is 1.78. The van der Waals surface area contributed by atoms with Gasteiger partial charge in [-0.3, -0.25) is 4.79 Å². The SMILES string of the molecule is COc1ccccc1CNc1ncccc1C(=O)Nc1ccccc1C. The number of hydrogen-bond acceptors (Lipinski definition) is 4. The highest BCUT2D eigenvalue weighted by Crippen LogP contribution is 2.21. The van der Waals surface area contributed by atoms with E-state index in [0.29, 0.717) is 17.9 Å². The van der Waals surface area contributed by atoms with Gasteiger partial charge in [0.2, 0.25) is 0 Å². The van der Waals surface area contributed by atoms with Crippen molar-refractivity contribution in [1.82, 2.24) is 4.98 Å². The van der Waals surface area contributed by atoms with Crippen LogP contribution in [0.2, 0.25) is 0 Å². The third kappa shape index (κ3) is 4.00. The van der Waals surface area contributed by atoms with Gasteiger partial charge in [-0.25, -0.2) is 4.98 Å². The summed E-state index contributed by atoms with van der Waals surface area (Å²) < 4.78 is 5.36. The number of carbonyl (C=O) groups excluding carboxylic acids is 1. The summed E-state index contributed by atoms with van der Waals surface area (Å²) in [5.41, 5.74) is 3.28. The molecule has 0 saturated carbocycles. The van der Waals surface area contributed by atoms with Crippen LogP contribution in [0.15, 0.2) is 66.9 Å². The number of nitrogens with zero attached hydrogens (tertiary/aromatic N) is 1. The predicted molar refractivity (Wildman–Crippen MR) is 104 cm³/mol. The molecule has 0 spiro atoms. The van der Waals surface area contributed by atoms with Gasteiger partial charge in [0.25, 0.3) is 5.91 Å². The maximum Gasteiger partial charge on any atom is 0.259 e. The number of aromatic nitrogens is 1. The Kier molecular flexibility index (Phi) is 5.49. The molecule has 0 radical (unpaired) electrons. The van der Waals surface area contributed by atoms with Gasteiger partial charge in [-0.1, -0.05) is 36.4 Å². The maximum absolute atomic E-state index is 12.7. The van der Waals surface area contributed by atoms with Crippen molar-refractivity contribution in [2.24, 2.45) is 0 Å². The van der Waals surface area contributed by atoms with Gasteiger partial charge in [0.05, 0.1) is 12.7 Å². The zero-order chi connectivity index (χ0) is 18.4. The molecule has 0 aliphatic rings. The molecule has 2 N–H and O–H groups in total. The summed E-state index contributed by atoms with van der Waals surface area (Å²) in [6.07, 6.45) is 1.66. The minimum Gasteiger partial charge on any atom is -0.496 e. The number of aryl methyl sites for hydroxylation is 1. The zero-order valence-corrected chi connectivity index (χ0v) is 14.8. The van der Waals surface area contributed by atoms with E-state index in [9.17, 15) is 4.79 Å². The third-order valence-electron chi connectivity index (χ3n) is 4.08. The fraction of sp³-hybridized carbons (Fsp3) is 0.143. The first-order chi connectivity index (χ1) is 12.7. The van der Waals surface area contributed by atoms with Crippen molar-refractivity contribution in [3.05, 3.63) is 83.6 Å². The van der Waals surface area contributed by atoms with Crippen LogP contribution in [0.25, 0.3) is 0 Å². The number of amides is 1. The number of hydrogen-bond donors (Lipinski definition) is 2. The molecule has 26 heavy (non-hydrogen) atoms. The van der Waals surface area contributed by atoms with E-state index in [4.69, 9.17) is 4.74 Å². The van der Waals surface area contributed by atoms with Gasteiger partial charge in [-0.2, -0.15) is 0 Å². The number of pyridine rings is 1. The van der Waals surface area contributed by atoms with Crippen LogP contribution >= 0.6 is 0 Å². The fourth-order valence-electron chi connectivity index (χ4n) is 2.66. The lowest BCUT2D eigenvalue weighted by atomic mass is 10.1. The van der Waals surface area contributed by atoms with Crippen molar-refractivity contribution in [3.8, 4) is 5.75 Å². The largest absolute Gasteiger partial charge is 0.496 e. The molecule has 0 fully saturated rings. The van der Waals surface area contributed by atoms with Crippen LogP contribution in [0.1, 0.15) is 21.5 Å². The van der Waals surface area contributed by atoms with Gasteiger partial charge in [-0.05, 0) is 36.8 Å². The van der Waals surface area contributed by atoms with Crippen LogP contribution in [0.5, 0.6) is 5.75 Å². The summed E-state index contributed by atoms with van der Waals surface area (Å²) in [4.78, 5) is 17.0. The molecule has 132 valence electrons. The second-order valence-corrected chi connectivity index (χ2v) is 5.83. The van der Waals surface area contributed by atoms with E-state index in [1.54, 1.807) is 25.4 Å². The summed E-state index contributed by atoms with van der Waals surface area (Å²) in [6.45, 7) is 2.46. The molecular formula is C21H21N3O2. The number of carbonyl (C=O) groups is 1. The molecule has 1 amide bonds. The molecule has 2 aromatic carbocycles. The van der Waals surface area contributed by atoms with E-state index in [2.05, 4.69) is 15.6 Å². The minimum atomic E-state index is -0.199. The van der Waals surface area contributed by atoms with Crippen molar-refractivity contribution >= 4 is 17.4 Å². The molecular weight excluding hydrogens is 326 g/mol. The van der Waals surface area contributed by atoms with E-state index < -0.39 is 0 Å². The third-order valence-corrected chi connectivity index (χ3v) is 4.08. The number of ether oxygens (including phenoxy) is 1. The highest BCUT2D eigenvalue weighted by atomic mass is 16.5. The lowest BCUT2D eigenvalue weighted by Gasteiger charge is -2.13. The Morgan fingerprint density at radius 1 is 1.04 bits per heavy atom. The lowest BCUT2D eigenvalue weighted by molar-refractivity contribution is 0.102. The molecule has 0 aliphatic heterocycles. The van der Waals surface area contributed by atoms with Gasteiger partial charge in [0.1, 0.15) is 11.6 Å². The van der Waals surface area contributed by atoms with Gasteiger partial charge in [0, 0.05) is 24.0 Å². The molecule has 5 heteroatoms. The Labute approximate surface area is 153 Å². The lowest BCUT2D eigenvalue weighted by Crippen LogP contribution is -2.16. The van der Waals surface area contributed by atoms with E-state index >= 15 is 0 Å². The minimum absolute atomic E-state index is 0.199. The van der Waals surface area contributed by atoms with E-state index in [1.165, 1.54) is 0 Å². The van der Waals surface area contributed by atoms with Crippen LogP contribution in [0, 0.1) is 6.92 Å². The number of nitrogens with one attached hydrogen (secondary N) is 2. The molecule has 1 aromatic heterocycles. The average Bonchev–Trinajstić information content (AvgIpc) is 2.68. The average molecular weight is 347 g/mol. The first kappa shape index (κ1) is 17.5. The predicted octanol–water partition coefficient (Wildman–Crippen LogP) is 4.26. The normalized spacial score (nSPS) is 10.2. The number of methoxy groups -OCH3 is 1. The fourth-order valence-corrected chi connectivity index (χ4v) is 2.66. The van der Waals surface area contributed by atoms with Crippen LogP contribution < -0.4 is 15.4 Å². The van der Waals surface area contributed by atoms with Crippen molar-refractivity contribution < 1.29 is 9.53 Å². The van der Waals surface area contributed by atoms with Gasteiger partial charge < -0.3 is 15.4 Å². The van der Waals surface area contributed by atoms with Gasteiger partial charge >= 0.3 is 0 Å². The number of benzene rings is 2. The van der Waals surface area contributed by atoms with Crippen LogP contribution in [-0.2, 0) is 6.54 Å². The second-order valence-electron chi connectivity index (χ2n) is 5.83. The molecule has 0 atom stereocenters. The molecule has 3 rings (SSSR count). The van der Waals surface area contributed by atoms with E-state index in [-0.39, 0.29) is 5.91 Å². The Hall–Kier alpha value is -3.34. The molecule has 1 heterocycles. The quantitative estimate of drug-likeness (QED) is 0.699. The van der Waals surface area contributed by atoms with Gasteiger partial charge in [-0.15, -0.1) is 0 Å². The van der Waals surface area contributed by atoms with Crippen LogP contribution in [-0.4, -0.2) is 18.0 Å². The maximum atomic E-state index is 12.7. The van der Waals surface area contributed by atoms with E-state index in [1.807, 2.05) is 55.5 Å². The number of anilines is 2. The highest BCUT2D eigenvalue weighted by molar-refractivity contribution is 6.07. The summed E-state index contributed by atoms with van der Waals surface area (Å²) in [5.74, 6) is 1.13. The zero-order valence-electron chi connectivity index (χ0n) is 14.8. The molecule has 0 bridgehead atoms. The van der Waals surface area contributed by atoms with Crippen molar-refractivity contribution in [2.75, 3.05) is 17.7 Å². The summed E-state index contributed by atoms with van der Waals surface area (Å²) in [6, 6.07) is 18.9. The molecule has 0 unspecified atom stereocenters. The molecule has 5 nitrogen and oxygen atoms in total. The van der Waals surface area contributed by atoms with Crippen LogP contribution in [0.3, 0.4) is 0 Å².